The van der Waals surface area contributed by atoms with E-state index in [2.05, 4.69) is 0 Å². The van der Waals surface area contributed by atoms with Crippen molar-refractivity contribution in [2.45, 2.75) is 19.4 Å². The van der Waals surface area contributed by atoms with Crippen LogP contribution < -0.4 is 0 Å². The Hall–Kier alpha value is -2.09. The third-order valence-corrected chi connectivity index (χ3v) is 2.74. The molecule has 1 atom stereocenters. The molecule has 18 heavy (non-hydrogen) atoms. The van der Waals surface area contributed by atoms with E-state index in [1.165, 1.54) is 6.92 Å². The van der Waals surface area contributed by atoms with Crippen LogP contribution in [-0.2, 0) is 16.0 Å². The third-order valence-electron chi connectivity index (χ3n) is 2.74. The zero-order chi connectivity index (χ0) is 12.8. The molecule has 0 aliphatic carbocycles. The average Bonchev–Trinajstić information content (AvgIpc) is 2.40. The van der Waals surface area contributed by atoms with Crippen molar-refractivity contribution in [1.82, 2.24) is 0 Å². The average molecular weight is 240 g/mol. The fourth-order valence-electron chi connectivity index (χ4n) is 1.92. The maximum atomic E-state index is 11.2. The third kappa shape index (κ3) is 3.45. The second-order valence-electron chi connectivity index (χ2n) is 4.20. The lowest BCUT2D eigenvalue weighted by atomic mass is 10.0. The molecular formula is C16H16O2. The summed E-state index contributed by atoms with van der Waals surface area (Å²) in [7, 11) is 0. The first-order valence-electron chi connectivity index (χ1n) is 6.02. The molecule has 2 aromatic carbocycles. The number of hydrogen-bond donors (Lipinski definition) is 0. The minimum Gasteiger partial charge on any atom is -0.457 e. The molecule has 0 amide bonds. The molecule has 2 heteroatoms. The van der Waals surface area contributed by atoms with Gasteiger partial charge in [-0.1, -0.05) is 60.7 Å². The van der Waals surface area contributed by atoms with Gasteiger partial charge in [-0.3, -0.25) is 4.79 Å². The van der Waals surface area contributed by atoms with Gasteiger partial charge in [-0.25, -0.2) is 0 Å². The summed E-state index contributed by atoms with van der Waals surface area (Å²) in [5, 5.41) is 0. The lowest BCUT2D eigenvalue weighted by Gasteiger charge is -2.17. The Morgan fingerprint density at radius 2 is 1.56 bits per heavy atom. The van der Waals surface area contributed by atoms with Crippen LogP contribution in [0.4, 0.5) is 0 Å². The van der Waals surface area contributed by atoms with Crippen molar-refractivity contribution in [3.8, 4) is 0 Å². The van der Waals surface area contributed by atoms with Gasteiger partial charge < -0.3 is 4.74 Å². The van der Waals surface area contributed by atoms with Crippen molar-refractivity contribution in [2.75, 3.05) is 0 Å². The van der Waals surface area contributed by atoms with E-state index in [1.54, 1.807) is 0 Å². The van der Waals surface area contributed by atoms with Crippen LogP contribution in [0.5, 0.6) is 0 Å². The molecule has 0 aliphatic rings. The summed E-state index contributed by atoms with van der Waals surface area (Å²) in [5.74, 6) is -0.250. The molecule has 0 bridgehead atoms. The molecular weight excluding hydrogens is 224 g/mol. The summed E-state index contributed by atoms with van der Waals surface area (Å²) in [6, 6.07) is 19.9. The Morgan fingerprint density at radius 1 is 1.00 bits per heavy atom. The molecule has 0 radical (unpaired) electrons. The van der Waals surface area contributed by atoms with Gasteiger partial charge in [0, 0.05) is 13.3 Å². The van der Waals surface area contributed by atoms with Gasteiger partial charge in [0.15, 0.2) is 0 Å². The SMILES string of the molecule is CC(=O)O[C@@H](Cc1ccccc1)c1ccccc1. The number of benzene rings is 2. The van der Waals surface area contributed by atoms with Crippen LogP contribution in [0.3, 0.4) is 0 Å². The highest BCUT2D eigenvalue weighted by atomic mass is 16.5. The van der Waals surface area contributed by atoms with Gasteiger partial charge >= 0.3 is 5.97 Å². The van der Waals surface area contributed by atoms with Crippen LogP contribution in [-0.4, -0.2) is 5.97 Å². The number of carbonyl (C=O) groups excluding carboxylic acids is 1. The minimum atomic E-state index is -0.250. The topological polar surface area (TPSA) is 26.3 Å². The van der Waals surface area contributed by atoms with Gasteiger partial charge in [0.05, 0.1) is 0 Å². The maximum Gasteiger partial charge on any atom is 0.303 e. The zero-order valence-electron chi connectivity index (χ0n) is 10.4. The van der Waals surface area contributed by atoms with E-state index < -0.39 is 0 Å². The standard InChI is InChI=1S/C16H16O2/c1-13(17)18-16(15-10-6-3-7-11-15)12-14-8-4-2-5-9-14/h2-11,16H,12H2,1H3/t16-/m0/s1. The molecule has 92 valence electrons. The minimum absolute atomic E-state index is 0.217. The Labute approximate surface area is 107 Å². The van der Waals surface area contributed by atoms with E-state index >= 15 is 0 Å². The summed E-state index contributed by atoms with van der Waals surface area (Å²) in [6.07, 6.45) is 0.482. The Kier molecular flexibility index (Phi) is 4.13. The maximum absolute atomic E-state index is 11.2. The second-order valence-corrected chi connectivity index (χ2v) is 4.20. The van der Waals surface area contributed by atoms with E-state index in [1.807, 2.05) is 60.7 Å². The molecule has 0 aliphatic heterocycles. The molecule has 0 spiro atoms. The van der Waals surface area contributed by atoms with Crippen LogP contribution in [0.2, 0.25) is 0 Å². The summed E-state index contributed by atoms with van der Waals surface area (Å²) < 4.78 is 5.40. The van der Waals surface area contributed by atoms with Crippen LogP contribution >= 0.6 is 0 Å². The highest BCUT2D eigenvalue weighted by Gasteiger charge is 2.14. The van der Waals surface area contributed by atoms with Gasteiger partial charge in [0.1, 0.15) is 6.10 Å². The van der Waals surface area contributed by atoms with E-state index in [0.29, 0.717) is 6.42 Å². The van der Waals surface area contributed by atoms with Gasteiger partial charge in [0.25, 0.3) is 0 Å². The Balaban J connectivity index is 2.18. The van der Waals surface area contributed by atoms with Crippen molar-refractivity contribution in [2.24, 2.45) is 0 Å². The van der Waals surface area contributed by atoms with Crippen molar-refractivity contribution in [3.05, 3.63) is 71.8 Å². The molecule has 2 rings (SSSR count). The summed E-state index contributed by atoms with van der Waals surface area (Å²) in [5.41, 5.74) is 2.18. The predicted molar refractivity (Wildman–Crippen MR) is 71.1 cm³/mol. The monoisotopic (exact) mass is 240 g/mol. The molecule has 0 saturated carbocycles. The number of rotatable bonds is 4. The number of ether oxygens (including phenoxy) is 1. The smallest absolute Gasteiger partial charge is 0.303 e. The predicted octanol–water partition coefficient (Wildman–Crippen LogP) is 3.53. The number of carbonyl (C=O) groups is 1. The summed E-state index contributed by atoms with van der Waals surface area (Å²) in [6.45, 7) is 1.45. The normalized spacial score (nSPS) is 11.8. The first-order valence-corrected chi connectivity index (χ1v) is 6.02. The largest absolute Gasteiger partial charge is 0.457 e. The molecule has 2 nitrogen and oxygen atoms in total. The molecule has 2 aromatic rings. The van der Waals surface area contributed by atoms with Gasteiger partial charge in [-0.15, -0.1) is 0 Å². The van der Waals surface area contributed by atoms with E-state index in [0.717, 1.165) is 11.1 Å². The fraction of sp³-hybridized carbons (Fsp3) is 0.188. The Bertz CT molecular complexity index is 491. The molecule has 0 saturated heterocycles. The van der Waals surface area contributed by atoms with Crippen molar-refractivity contribution in [1.29, 1.82) is 0 Å². The van der Waals surface area contributed by atoms with Crippen LogP contribution in [0.1, 0.15) is 24.2 Å². The van der Waals surface area contributed by atoms with E-state index in [9.17, 15) is 4.79 Å². The van der Waals surface area contributed by atoms with Crippen molar-refractivity contribution in [3.63, 3.8) is 0 Å². The Morgan fingerprint density at radius 3 is 2.11 bits per heavy atom. The second kappa shape index (κ2) is 6.01. The zero-order valence-corrected chi connectivity index (χ0v) is 10.4. The summed E-state index contributed by atoms with van der Waals surface area (Å²) >= 11 is 0. The van der Waals surface area contributed by atoms with Gasteiger partial charge in [0.2, 0.25) is 0 Å². The van der Waals surface area contributed by atoms with Crippen molar-refractivity contribution >= 4 is 5.97 Å². The molecule has 0 aromatic heterocycles. The van der Waals surface area contributed by atoms with Gasteiger partial charge in [-0.2, -0.15) is 0 Å². The molecule has 0 N–H and O–H groups in total. The van der Waals surface area contributed by atoms with Crippen LogP contribution in [0, 0.1) is 0 Å². The fourth-order valence-corrected chi connectivity index (χ4v) is 1.92. The van der Waals surface area contributed by atoms with E-state index in [4.69, 9.17) is 4.74 Å². The first-order chi connectivity index (χ1) is 8.75. The lowest BCUT2D eigenvalue weighted by Crippen LogP contribution is -2.11. The quantitative estimate of drug-likeness (QED) is 0.764. The highest BCUT2D eigenvalue weighted by molar-refractivity contribution is 5.66. The summed E-state index contributed by atoms with van der Waals surface area (Å²) in [4.78, 5) is 11.2. The van der Waals surface area contributed by atoms with Crippen molar-refractivity contribution < 1.29 is 9.53 Å². The lowest BCUT2D eigenvalue weighted by molar-refractivity contribution is -0.146. The number of hydrogen-bond acceptors (Lipinski definition) is 2. The highest BCUT2D eigenvalue weighted by Crippen LogP contribution is 2.22. The first kappa shape index (κ1) is 12.4. The van der Waals surface area contributed by atoms with Crippen LogP contribution in [0.15, 0.2) is 60.7 Å². The molecule has 0 fully saturated rings. The molecule has 0 heterocycles. The number of esters is 1. The van der Waals surface area contributed by atoms with Crippen LogP contribution in [0.25, 0.3) is 0 Å². The van der Waals surface area contributed by atoms with E-state index in [-0.39, 0.29) is 12.1 Å². The molecule has 0 unspecified atom stereocenters. The van der Waals surface area contributed by atoms with Gasteiger partial charge in [-0.05, 0) is 11.1 Å².